The Labute approximate surface area is 136 Å². The monoisotopic (exact) mass is 308 g/mol. The van der Waals surface area contributed by atoms with E-state index in [4.69, 9.17) is 4.74 Å². The van der Waals surface area contributed by atoms with E-state index in [1.54, 1.807) is 0 Å². The summed E-state index contributed by atoms with van der Waals surface area (Å²) in [7, 11) is 1.41. The lowest BCUT2D eigenvalue weighted by Crippen LogP contribution is -2.27. The number of nitrogens with zero attached hydrogens (tertiary/aromatic N) is 1. The Hall–Kier alpha value is -2.49. The maximum absolute atomic E-state index is 11.9. The lowest BCUT2D eigenvalue weighted by Gasteiger charge is -2.28. The smallest absolute Gasteiger partial charge is 0.337 e. The Kier molecular flexibility index (Phi) is 2.92. The Bertz CT molecular complexity index is 811. The second-order valence-corrected chi connectivity index (χ2v) is 6.69. The summed E-state index contributed by atoms with van der Waals surface area (Å²) >= 11 is 0. The topological polar surface area (TPSA) is 41.6 Å². The van der Waals surface area contributed by atoms with Gasteiger partial charge >= 0.3 is 5.97 Å². The summed E-state index contributed by atoms with van der Waals surface area (Å²) in [6.07, 6.45) is 1.05. The quantitative estimate of drug-likeness (QED) is 0.813. The molecule has 0 unspecified atom stereocenters. The highest BCUT2D eigenvalue weighted by atomic mass is 16.5. The molecule has 4 nitrogen and oxygen atoms in total. The first-order chi connectivity index (χ1) is 11.0. The van der Waals surface area contributed by atoms with Crippen LogP contribution < -0.4 is 10.2 Å². The molecule has 0 bridgehead atoms. The molecule has 0 spiro atoms. The largest absolute Gasteiger partial charge is 0.465 e. The van der Waals surface area contributed by atoms with Crippen LogP contribution in [0.1, 0.15) is 35.3 Å². The van der Waals surface area contributed by atoms with Crippen molar-refractivity contribution in [3.63, 3.8) is 0 Å². The van der Waals surface area contributed by atoms with E-state index in [2.05, 4.69) is 42.3 Å². The lowest BCUT2D eigenvalue weighted by molar-refractivity contribution is 0.0601. The molecule has 0 fully saturated rings. The molecule has 4 rings (SSSR count). The van der Waals surface area contributed by atoms with Crippen LogP contribution in [0.5, 0.6) is 0 Å². The molecule has 118 valence electrons. The van der Waals surface area contributed by atoms with Crippen LogP contribution in [0, 0.1) is 0 Å². The molecule has 0 aromatic heterocycles. The molecule has 4 heteroatoms. The zero-order chi connectivity index (χ0) is 16.2. The van der Waals surface area contributed by atoms with Gasteiger partial charge in [-0.3, -0.25) is 0 Å². The van der Waals surface area contributed by atoms with Crippen LogP contribution in [0.15, 0.2) is 36.4 Å². The van der Waals surface area contributed by atoms with Crippen molar-refractivity contribution in [2.75, 3.05) is 23.9 Å². The fourth-order valence-electron chi connectivity index (χ4n) is 3.72. The minimum absolute atomic E-state index is 0.214. The summed E-state index contributed by atoms with van der Waals surface area (Å²) in [4.78, 5) is 14.2. The van der Waals surface area contributed by atoms with Gasteiger partial charge in [0.1, 0.15) is 0 Å². The third-order valence-electron chi connectivity index (χ3n) is 4.82. The third-order valence-corrected chi connectivity index (χ3v) is 4.82. The average molecular weight is 308 g/mol. The van der Waals surface area contributed by atoms with Gasteiger partial charge < -0.3 is 15.0 Å². The van der Waals surface area contributed by atoms with Crippen molar-refractivity contribution in [1.82, 2.24) is 0 Å². The molecule has 2 aliphatic heterocycles. The minimum atomic E-state index is -0.309. The number of nitrogens with one attached hydrogen (secondary N) is 1. The van der Waals surface area contributed by atoms with E-state index < -0.39 is 0 Å². The van der Waals surface area contributed by atoms with Crippen molar-refractivity contribution < 1.29 is 9.53 Å². The highest BCUT2D eigenvalue weighted by molar-refractivity contribution is 5.94. The van der Waals surface area contributed by atoms with Crippen molar-refractivity contribution in [3.05, 3.63) is 53.1 Å². The molecule has 2 heterocycles. The van der Waals surface area contributed by atoms with Crippen LogP contribution in [0.4, 0.5) is 17.1 Å². The summed E-state index contributed by atoms with van der Waals surface area (Å²) in [5, 5.41) is 3.62. The van der Waals surface area contributed by atoms with E-state index >= 15 is 0 Å². The van der Waals surface area contributed by atoms with Gasteiger partial charge in [0.15, 0.2) is 0 Å². The Morgan fingerprint density at radius 2 is 2.09 bits per heavy atom. The van der Waals surface area contributed by atoms with Gasteiger partial charge in [0.05, 0.1) is 35.3 Å². The fraction of sp³-hybridized carbons (Fsp3) is 0.316. The molecule has 2 aromatic carbocycles. The van der Waals surface area contributed by atoms with Crippen molar-refractivity contribution >= 4 is 23.0 Å². The Morgan fingerprint density at radius 3 is 2.87 bits per heavy atom. The van der Waals surface area contributed by atoms with Gasteiger partial charge in [-0.05, 0) is 44.0 Å². The fourth-order valence-corrected chi connectivity index (χ4v) is 3.72. The maximum atomic E-state index is 11.9. The van der Waals surface area contributed by atoms with Gasteiger partial charge in [0.25, 0.3) is 0 Å². The van der Waals surface area contributed by atoms with Crippen LogP contribution in [-0.2, 0) is 16.7 Å². The summed E-state index contributed by atoms with van der Waals surface area (Å²) in [6, 6.07) is 12.3. The van der Waals surface area contributed by atoms with Crippen LogP contribution in [0.25, 0.3) is 0 Å². The first kappa shape index (κ1) is 14.1. The lowest BCUT2D eigenvalue weighted by atomic mass is 9.91. The van der Waals surface area contributed by atoms with Gasteiger partial charge in [-0.25, -0.2) is 4.79 Å². The zero-order valence-corrected chi connectivity index (χ0v) is 13.6. The summed E-state index contributed by atoms with van der Waals surface area (Å²) < 4.78 is 4.86. The van der Waals surface area contributed by atoms with Gasteiger partial charge in [-0.2, -0.15) is 0 Å². The number of para-hydroxylation sites is 1. The van der Waals surface area contributed by atoms with Crippen molar-refractivity contribution in [1.29, 1.82) is 0 Å². The molecule has 2 aromatic rings. The normalized spacial score (nSPS) is 16.9. The predicted octanol–water partition coefficient (Wildman–Crippen LogP) is 3.83. The SMILES string of the molecule is COC(=O)c1ccc2c(c1)NC(C)(C)c1cccc3c1N2CC3. The molecule has 2 aliphatic rings. The summed E-state index contributed by atoms with van der Waals surface area (Å²) in [5.74, 6) is -0.309. The third kappa shape index (κ3) is 2.01. The number of anilines is 3. The predicted molar refractivity (Wildman–Crippen MR) is 91.6 cm³/mol. The zero-order valence-electron chi connectivity index (χ0n) is 13.6. The number of carbonyl (C=O) groups is 1. The molecular formula is C19H20N2O2. The highest BCUT2D eigenvalue weighted by Crippen LogP contribution is 2.48. The molecule has 1 N–H and O–H groups in total. The first-order valence-corrected chi connectivity index (χ1v) is 7.92. The molecule has 0 atom stereocenters. The standard InChI is InChI=1S/C19H20N2O2/c1-19(2)14-6-4-5-12-9-10-21(17(12)14)16-8-7-13(18(22)23-3)11-15(16)20-19/h4-8,11,20H,9-10H2,1-3H3. The van der Waals surface area contributed by atoms with Crippen molar-refractivity contribution in [3.8, 4) is 0 Å². The van der Waals surface area contributed by atoms with E-state index in [1.165, 1.54) is 23.9 Å². The average Bonchev–Trinajstić information content (AvgIpc) is 2.93. The molecule has 0 aliphatic carbocycles. The van der Waals surface area contributed by atoms with E-state index in [-0.39, 0.29) is 11.5 Å². The summed E-state index contributed by atoms with van der Waals surface area (Å²) in [6.45, 7) is 5.33. The van der Waals surface area contributed by atoms with Gasteiger partial charge in [-0.1, -0.05) is 18.2 Å². The van der Waals surface area contributed by atoms with E-state index in [0.717, 1.165) is 24.3 Å². The van der Waals surface area contributed by atoms with Crippen molar-refractivity contribution in [2.45, 2.75) is 25.8 Å². The van der Waals surface area contributed by atoms with E-state index in [9.17, 15) is 4.79 Å². The van der Waals surface area contributed by atoms with Crippen LogP contribution >= 0.6 is 0 Å². The van der Waals surface area contributed by atoms with Crippen LogP contribution in [0.2, 0.25) is 0 Å². The number of ether oxygens (including phenoxy) is 1. The molecule has 0 saturated heterocycles. The van der Waals surface area contributed by atoms with Gasteiger partial charge in [-0.15, -0.1) is 0 Å². The number of rotatable bonds is 1. The van der Waals surface area contributed by atoms with E-state index in [1.807, 2.05) is 18.2 Å². The Morgan fingerprint density at radius 1 is 1.26 bits per heavy atom. The number of hydrogen-bond donors (Lipinski definition) is 1. The number of fused-ring (bicyclic) bond motifs is 2. The second kappa shape index (κ2) is 4.75. The number of hydrogen-bond acceptors (Lipinski definition) is 4. The summed E-state index contributed by atoms with van der Waals surface area (Å²) in [5.41, 5.74) is 6.45. The second-order valence-electron chi connectivity index (χ2n) is 6.69. The molecule has 23 heavy (non-hydrogen) atoms. The highest BCUT2D eigenvalue weighted by Gasteiger charge is 2.35. The van der Waals surface area contributed by atoms with Gasteiger partial charge in [0, 0.05) is 12.1 Å². The molecule has 0 radical (unpaired) electrons. The first-order valence-electron chi connectivity index (χ1n) is 7.92. The molecular weight excluding hydrogens is 288 g/mol. The molecule has 0 amide bonds. The van der Waals surface area contributed by atoms with Crippen LogP contribution in [0.3, 0.4) is 0 Å². The van der Waals surface area contributed by atoms with Crippen molar-refractivity contribution in [2.24, 2.45) is 0 Å². The van der Waals surface area contributed by atoms with Crippen LogP contribution in [-0.4, -0.2) is 19.6 Å². The maximum Gasteiger partial charge on any atom is 0.337 e. The number of carbonyl (C=O) groups excluding carboxylic acids is 1. The number of benzene rings is 2. The molecule has 0 saturated carbocycles. The number of esters is 1. The Balaban J connectivity index is 1.93. The van der Waals surface area contributed by atoms with Gasteiger partial charge in [0.2, 0.25) is 0 Å². The van der Waals surface area contributed by atoms with E-state index in [0.29, 0.717) is 5.56 Å². The minimum Gasteiger partial charge on any atom is -0.465 e. The number of methoxy groups -OCH3 is 1.